The molecule has 0 spiro atoms. The van der Waals surface area contributed by atoms with Crippen LogP contribution in [-0.2, 0) is 9.59 Å². The topological polar surface area (TPSA) is 82.5 Å². The Hall–Kier alpha value is -2.09. The molecule has 0 unspecified atom stereocenters. The van der Waals surface area contributed by atoms with Gasteiger partial charge in [-0.15, -0.1) is 0 Å². The molecule has 1 aliphatic heterocycles. The number of amides is 1. The molecule has 2 heterocycles. The largest absolute Gasteiger partial charge is 0.480 e. The molecule has 26 heavy (non-hydrogen) atoms. The first-order chi connectivity index (χ1) is 12.2. The second-order valence-corrected chi connectivity index (χ2v) is 7.22. The smallest absolute Gasteiger partial charge is 0.324 e. The monoisotopic (exact) mass is 369 g/mol. The van der Waals surface area contributed by atoms with Crippen LogP contribution < -0.4 is 5.32 Å². The Morgan fingerprint density at radius 2 is 2.15 bits per heavy atom. The molecular formula is C18H25F2N3O3. The summed E-state index contributed by atoms with van der Waals surface area (Å²) in [5, 5.41) is 12.2. The molecule has 1 aliphatic rings. The molecule has 144 valence electrons. The zero-order chi connectivity index (χ0) is 19.5. The Kier molecular flexibility index (Phi) is 6.28. The Morgan fingerprint density at radius 3 is 2.65 bits per heavy atom. The number of carboxylic acid groups (broad SMARTS) is 1. The molecule has 6 nitrogen and oxygen atoms in total. The van der Waals surface area contributed by atoms with Gasteiger partial charge in [-0.05, 0) is 37.4 Å². The summed E-state index contributed by atoms with van der Waals surface area (Å²) in [6, 6.07) is 2.94. The predicted molar refractivity (Wildman–Crippen MR) is 91.7 cm³/mol. The first kappa shape index (κ1) is 20.2. The van der Waals surface area contributed by atoms with E-state index >= 15 is 0 Å². The van der Waals surface area contributed by atoms with Crippen LogP contribution in [-0.4, -0.2) is 52.4 Å². The van der Waals surface area contributed by atoms with E-state index in [1.165, 1.54) is 0 Å². The summed E-state index contributed by atoms with van der Waals surface area (Å²) in [6.45, 7) is 3.09. The van der Waals surface area contributed by atoms with Gasteiger partial charge < -0.3 is 10.4 Å². The van der Waals surface area contributed by atoms with Crippen LogP contribution in [0.1, 0.15) is 38.3 Å². The second-order valence-electron chi connectivity index (χ2n) is 7.22. The van der Waals surface area contributed by atoms with E-state index in [1.807, 2.05) is 13.8 Å². The Bertz CT molecular complexity index is 642. The number of hydrogen-bond donors (Lipinski definition) is 2. The standard InChI is InChI=1S/C18H25F2N3O3/c1-11(2)7-18(17(25)26)8-13(16(24)22-10-14(19)20)15(23(18)3)12-5-4-6-21-9-12/h4-6,9,11,13-15H,7-8,10H2,1-3H3,(H,22,24)(H,25,26)/t13-,15-,18-/m1/s1. The van der Waals surface area contributed by atoms with E-state index in [0.717, 1.165) is 0 Å². The highest BCUT2D eigenvalue weighted by Crippen LogP contribution is 2.48. The van der Waals surface area contributed by atoms with Crippen LogP contribution in [0.4, 0.5) is 8.78 Å². The lowest BCUT2D eigenvalue weighted by atomic mass is 9.83. The minimum Gasteiger partial charge on any atom is -0.480 e. The number of nitrogens with zero attached hydrogens (tertiary/aromatic N) is 2. The third-order valence-corrected chi connectivity index (χ3v) is 4.97. The number of alkyl halides is 2. The number of carboxylic acids is 1. The SMILES string of the molecule is CC(C)C[C@]1(C(=O)O)C[C@@H](C(=O)NCC(F)F)[C@@H](c2cccnc2)N1C. The number of likely N-dealkylation sites (N-methyl/N-ethyl adjacent to an activating group) is 1. The second kappa shape index (κ2) is 8.07. The number of likely N-dealkylation sites (tertiary alicyclic amines) is 1. The molecule has 1 fully saturated rings. The molecule has 1 aromatic heterocycles. The van der Waals surface area contributed by atoms with Crippen LogP contribution in [0.5, 0.6) is 0 Å². The summed E-state index contributed by atoms with van der Waals surface area (Å²) in [4.78, 5) is 30.5. The van der Waals surface area contributed by atoms with Gasteiger partial charge in [-0.3, -0.25) is 19.5 Å². The maximum Gasteiger partial charge on any atom is 0.324 e. The van der Waals surface area contributed by atoms with Gasteiger partial charge in [-0.1, -0.05) is 19.9 Å². The molecule has 0 saturated carbocycles. The Balaban J connectivity index is 2.42. The molecular weight excluding hydrogens is 344 g/mol. The van der Waals surface area contributed by atoms with Crippen molar-refractivity contribution in [1.29, 1.82) is 0 Å². The molecule has 2 rings (SSSR count). The molecule has 1 aromatic rings. The zero-order valence-corrected chi connectivity index (χ0v) is 15.2. The van der Waals surface area contributed by atoms with Crippen LogP contribution in [0.15, 0.2) is 24.5 Å². The van der Waals surface area contributed by atoms with E-state index in [2.05, 4.69) is 10.3 Å². The van der Waals surface area contributed by atoms with E-state index in [-0.39, 0.29) is 12.3 Å². The van der Waals surface area contributed by atoms with Crippen LogP contribution in [0.3, 0.4) is 0 Å². The molecule has 1 saturated heterocycles. The van der Waals surface area contributed by atoms with Crippen LogP contribution in [0.25, 0.3) is 0 Å². The lowest BCUT2D eigenvalue weighted by Gasteiger charge is -2.36. The first-order valence-electron chi connectivity index (χ1n) is 8.61. The number of carbonyl (C=O) groups is 2. The van der Waals surface area contributed by atoms with Crippen molar-refractivity contribution in [3.05, 3.63) is 30.1 Å². The molecule has 2 N–H and O–H groups in total. The maximum absolute atomic E-state index is 12.6. The normalized spacial score (nSPS) is 26.4. The van der Waals surface area contributed by atoms with Crippen molar-refractivity contribution in [1.82, 2.24) is 15.2 Å². The van der Waals surface area contributed by atoms with E-state index < -0.39 is 42.3 Å². The quantitative estimate of drug-likeness (QED) is 0.771. The van der Waals surface area contributed by atoms with Crippen molar-refractivity contribution in [2.45, 2.75) is 44.7 Å². The molecule has 0 bridgehead atoms. The number of hydrogen-bond acceptors (Lipinski definition) is 4. The van der Waals surface area contributed by atoms with Gasteiger partial charge in [0.1, 0.15) is 5.54 Å². The van der Waals surface area contributed by atoms with Gasteiger partial charge in [-0.2, -0.15) is 0 Å². The van der Waals surface area contributed by atoms with E-state index in [4.69, 9.17) is 0 Å². The van der Waals surface area contributed by atoms with E-state index in [0.29, 0.717) is 12.0 Å². The van der Waals surface area contributed by atoms with Crippen LogP contribution >= 0.6 is 0 Å². The number of rotatable bonds is 7. The van der Waals surface area contributed by atoms with Gasteiger partial charge in [0, 0.05) is 18.4 Å². The van der Waals surface area contributed by atoms with Crippen molar-refractivity contribution < 1.29 is 23.5 Å². The fourth-order valence-corrected chi connectivity index (χ4v) is 3.94. The van der Waals surface area contributed by atoms with Gasteiger partial charge in [-0.25, -0.2) is 8.78 Å². The third kappa shape index (κ3) is 4.00. The van der Waals surface area contributed by atoms with Crippen LogP contribution in [0, 0.1) is 11.8 Å². The molecule has 0 radical (unpaired) electrons. The first-order valence-corrected chi connectivity index (χ1v) is 8.61. The number of aromatic nitrogens is 1. The highest BCUT2D eigenvalue weighted by molar-refractivity contribution is 5.85. The van der Waals surface area contributed by atoms with Gasteiger partial charge in [0.25, 0.3) is 6.43 Å². The van der Waals surface area contributed by atoms with Crippen LogP contribution in [0.2, 0.25) is 0 Å². The van der Waals surface area contributed by atoms with Crippen molar-refractivity contribution in [2.24, 2.45) is 11.8 Å². The highest BCUT2D eigenvalue weighted by Gasteiger charge is 2.57. The summed E-state index contributed by atoms with van der Waals surface area (Å²) >= 11 is 0. The van der Waals surface area contributed by atoms with Crippen molar-refractivity contribution >= 4 is 11.9 Å². The minimum absolute atomic E-state index is 0.0612. The Morgan fingerprint density at radius 1 is 1.46 bits per heavy atom. The summed E-state index contributed by atoms with van der Waals surface area (Å²) in [7, 11) is 1.68. The van der Waals surface area contributed by atoms with Gasteiger partial charge in [0.2, 0.25) is 5.91 Å². The molecule has 3 atom stereocenters. The summed E-state index contributed by atoms with van der Waals surface area (Å²) in [6.07, 6.45) is 0.930. The maximum atomic E-state index is 12.6. The minimum atomic E-state index is -2.66. The van der Waals surface area contributed by atoms with Gasteiger partial charge in [0.15, 0.2) is 0 Å². The van der Waals surface area contributed by atoms with Gasteiger partial charge in [0.05, 0.1) is 12.5 Å². The van der Waals surface area contributed by atoms with E-state index in [9.17, 15) is 23.5 Å². The Labute approximate surface area is 151 Å². The fraction of sp³-hybridized carbons (Fsp3) is 0.611. The molecule has 1 amide bonds. The zero-order valence-electron chi connectivity index (χ0n) is 15.2. The highest BCUT2D eigenvalue weighted by atomic mass is 19.3. The summed E-state index contributed by atoms with van der Waals surface area (Å²) in [5.74, 6) is -2.23. The van der Waals surface area contributed by atoms with E-state index in [1.54, 1.807) is 36.5 Å². The molecule has 0 aromatic carbocycles. The number of carbonyl (C=O) groups excluding carboxylic acids is 1. The number of halogens is 2. The summed E-state index contributed by atoms with van der Waals surface area (Å²) in [5.41, 5.74) is -0.541. The average Bonchev–Trinajstić information content (AvgIpc) is 2.87. The summed E-state index contributed by atoms with van der Waals surface area (Å²) < 4.78 is 25.0. The van der Waals surface area contributed by atoms with Crippen molar-refractivity contribution in [3.8, 4) is 0 Å². The lowest BCUT2D eigenvalue weighted by molar-refractivity contribution is -0.151. The number of aliphatic carboxylic acids is 1. The fourth-order valence-electron chi connectivity index (χ4n) is 3.94. The average molecular weight is 369 g/mol. The molecule has 8 heteroatoms. The lowest BCUT2D eigenvalue weighted by Crippen LogP contribution is -2.50. The predicted octanol–water partition coefficient (Wildman–Crippen LogP) is 2.33. The van der Waals surface area contributed by atoms with Crippen molar-refractivity contribution in [2.75, 3.05) is 13.6 Å². The van der Waals surface area contributed by atoms with Crippen molar-refractivity contribution in [3.63, 3.8) is 0 Å². The third-order valence-electron chi connectivity index (χ3n) is 4.97. The molecule has 0 aliphatic carbocycles. The van der Waals surface area contributed by atoms with Gasteiger partial charge >= 0.3 is 5.97 Å². The number of pyridine rings is 1. The number of nitrogens with one attached hydrogen (secondary N) is 1.